The Morgan fingerprint density at radius 1 is 1.29 bits per heavy atom. The molecule has 4 nitrogen and oxygen atoms in total. The summed E-state index contributed by atoms with van der Waals surface area (Å²) in [6.07, 6.45) is 0. The molecule has 0 fully saturated rings. The van der Waals surface area contributed by atoms with Gasteiger partial charge < -0.3 is 0 Å². The Hall–Kier alpha value is -1.58. The van der Waals surface area contributed by atoms with Crippen molar-refractivity contribution in [3.05, 3.63) is 34.9 Å². The standard InChI is InChI=1S/C10H14N4/c1-7-5-10(12-11-7)6-14-9(3)4-8(2)13-14/h4-5H,6H2,1-3H3,(H,11,12). The zero-order valence-corrected chi connectivity index (χ0v) is 8.70. The molecule has 0 aliphatic rings. The first-order chi connectivity index (χ1) is 6.65. The first kappa shape index (κ1) is 8.99. The maximum absolute atomic E-state index is 4.38. The van der Waals surface area contributed by atoms with Crippen molar-refractivity contribution in [2.45, 2.75) is 27.3 Å². The zero-order valence-electron chi connectivity index (χ0n) is 8.70. The molecule has 4 heteroatoms. The van der Waals surface area contributed by atoms with Crippen LogP contribution >= 0.6 is 0 Å². The van der Waals surface area contributed by atoms with Crippen LogP contribution in [0, 0.1) is 20.8 Å². The van der Waals surface area contributed by atoms with Crippen molar-refractivity contribution in [3.63, 3.8) is 0 Å². The summed E-state index contributed by atoms with van der Waals surface area (Å²) in [5.74, 6) is 0. The van der Waals surface area contributed by atoms with Crippen LogP contribution in [0.15, 0.2) is 12.1 Å². The second kappa shape index (κ2) is 3.29. The van der Waals surface area contributed by atoms with Gasteiger partial charge >= 0.3 is 0 Å². The second-order valence-corrected chi connectivity index (χ2v) is 3.63. The van der Waals surface area contributed by atoms with Crippen LogP contribution in [0.4, 0.5) is 0 Å². The lowest BCUT2D eigenvalue weighted by Crippen LogP contribution is -2.04. The molecule has 0 unspecified atom stereocenters. The first-order valence-electron chi connectivity index (χ1n) is 4.67. The summed E-state index contributed by atoms with van der Waals surface area (Å²) in [5.41, 5.74) is 4.33. The lowest BCUT2D eigenvalue weighted by molar-refractivity contribution is 0.645. The van der Waals surface area contributed by atoms with Crippen LogP contribution in [-0.2, 0) is 6.54 Å². The van der Waals surface area contributed by atoms with Crippen LogP contribution in [0.5, 0.6) is 0 Å². The van der Waals surface area contributed by atoms with E-state index < -0.39 is 0 Å². The number of aryl methyl sites for hydroxylation is 3. The van der Waals surface area contributed by atoms with E-state index in [1.54, 1.807) is 0 Å². The molecule has 1 N–H and O–H groups in total. The van der Waals surface area contributed by atoms with Gasteiger partial charge in [0, 0.05) is 11.4 Å². The van der Waals surface area contributed by atoms with Crippen LogP contribution in [0.1, 0.15) is 22.8 Å². The van der Waals surface area contributed by atoms with Gasteiger partial charge in [-0.1, -0.05) is 0 Å². The minimum absolute atomic E-state index is 0.740. The predicted octanol–water partition coefficient (Wildman–Crippen LogP) is 1.58. The molecule has 0 radical (unpaired) electrons. The summed E-state index contributed by atoms with van der Waals surface area (Å²) >= 11 is 0. The molecule has 0 bridgehead atoms. The highest BCUT2D eigenvalue weighted by molar-refractivity contribution is 5.11. The zero-order chi connectivity index (χ0) is 10.1. The fourth-order valence-corrected chi connectivity index (χ4v) is 1.54. The number of H-pyrrole nitrogens is 1. The smallest absolute Gasteiger partial charge is 0.0852 e. The van der Waals surface area contributed by atoms with E-state index in [0.717, 1.165) is 23.6 Å². The van der Waals surface area contributed by atoms with Gasteiger partial charge in [0.1, 0.15) is 0 Å². The molecule has 2 aromatic rings. The molecule has 0 saturated heterocycles. The molecular formula is C10H14N4. The van der Waals surface area contributed by atoms with E-state index in [-0.39, 0.29) is 0 Å². The lowest BCUT2D eigenvalue weighted by Gasteiger charge is -1.99. The molecule has 0 aliphatic carbocycles. The quantitative estimate of drug-likeness (QED) is 0.781. The lowest BCUT2D eigenvalue weighted by atomic mass is 10.3. The van der Waals surface area contributed by atoms with Crippen LogP contribution in [0.2, 0.25) is 0 Å². The summed E-state index contributed by atoms with van der Waals surface area (Å²) in [6.45, 7) is 6.79. The molecule has 0 aliphatic heterocycles. The van der Waals surface area contributed by atoms with Crippen LogP contribution < -0.4 is 0 Å². The van der Waals surface area contributed by atoms with Crippen LogP contribution in [-0.4, -0.2) is 20.0 Å². The second-order valence-electron chi connectivity index (χ2n) is 3.63. The van der Waals surface area contributed by atoms with Gasteiger partial charge in [-0.3, -0.25) is 9.78 Å². The minimum atomic E-state index is 0.740. The van der Waals surface area contributed by atoms with E-state index in [1.165, 1.54) is 5.69 Å². The third-order valence-corrected chi connectivity index (χ3v) is 2.17. The van der Waals surface area contributed by atoms with Gasteiger partial charge in [-0.15, -0.1) is 0 Å². The number of aromatic amines is 1. The van der Waals surface area contributed by atoms with Gasteiger partial charge in [-0.2, -0.15) is 10.2 Å². The van der Waals surface area contributed by atoms with Crippen molar-refractivity contribution >= 4 is 0 Å². The van der Waals surface area contributed by atoms with E-state index >= 15 is 0 Å². The summed E-state index contributed by atoms with van der Waals surface area (Å²) in [6, 6.07) is 4.11. The molecule has 2 aromatic heterocycles. The SMILES string of the molecule is Cc1cc(C)n(Cc2cc(C)[nH]n2)n1. The number of hydrogen-bond acceptors (Lipinski definition) is 2. The molecule has 0 amide bonds. The topological polar surface area (TPSA) is 46.5 Å². The van der Waals surface area contributed by atoms with Crippen LogP contribution in [0.3, 0.4) is 0 Å². The Morgan fingerprint density at radius 3 is 2.57 bits per heavy atom. The number of nitrogens with zero attached hydrogens (tertiary/aromatic N) is 3. The number of aromatic nitrogens is 4. The van der Waals surface area contributed by atoms with Crippen molar-refractivity contribution < 1.29 is 0 Å². The van der Waals surface area contributed by atoms with Crippen molar-refractivity contribution in [1.82, 2.24) is 20.0 Å². The molecule has 0 saturated carbocycles. The Balaban J connectivity index is 2.22. The molecule has 0 aromatic carbocycles. The summed E-state index contributed by atoms with van der Waals surface area (Å²) in [4.78, 5) is 0. The fraction of sp³-hybridized carbons (Fsp3) is 0.400. The number of rotatable bonds is 2. The maximum atomic E-state index is 4.38. The molecule has 74 valence electrons. The molecule has 14 heavy (non-hydrogen) atoms. The van der Waals surface area contributed by atoms with Gasteiger partial charge in [0.25, 0.3) is 0 Å². The Morgan fingerprint density at radius 2 is 2.07 bits per heavy atom. The third-order valence-electron chi connectivity index (χ3n) is 2.17. The Labute approximate surface area is 83.0 Å². The first-order valence-corrected chi connectivity index (χ1v) is 4.67. The van der Waals surface area contributed by atoms with Crippen LogP contribution in [0.25, 0.3) is 0 Å². The number of hydrogen-bond donors (Lipinski definition) is 1. The van der Waals surface area contributed by atoms with Crippen molar-refractivity contribution in [3.8, 4) is 0 Å². The molecule has 2 heterocycles. The summed E-state index contributed by atoms with van der Waals surface area (Å²) in [5, 5.41) is 11.5. The van der Waals surface area contributed by atoms with Gasteiger partial charge in [0.2, 0.25) is 0 Å². The van der Waals surface area contributed by atoms with E-state index in [4.69, 9.17) is 0 Å². The van der Waals surface area contributed by atoms with Gasteiger partial charge in [-0.05, 0) is 32.9 Å². The Kier molecular flexibility index (Phi) is 2.11. The van der Waals surface area contributed by atoms with Crippen molar-refractivity contribution in [2.24, 2.45) is 0 Å². The highest BCUT2D eigenvalue weighted by Gasteiger charge is 2.03. The molecular weight excluding hydrogens is 176 g/mol. The average molecular weight is 190 g/mol. The van der Waals surface area contributed by atoms with E-state index in [9.17, 15) is 0 Å². The third kappa shape index (κ3) is 1.69. The Bertz CT molecular complexity index is 439. The minimum Gasteiger partial charge on any atom is -0.283 e. The highest BCUT2D eigenvalue weighted by atomic mass is 15.3. The van der Waals surface area contributed by atoms with Crippen molar-refractivity contribution in [2.75, 3.05) is 0 Å². The summed E-state index contributed by atoms with van der Waals surface area (Å²) < 4.78 is 1.96. The van der Waals surface area contributed by atoms with E-state index in [2.05, 4.69) is 28.3 Å². The molecule has 0 atom stereocenters. The fourth-order valence-electron chi connectivity index (χ4n) is 1.54. The van der Waals surface area contributed by atoms with Gasteiger partial charge in [-0.25, -0.2) is 0 Å². The van der Waals surface area contributed by atoms with E-state index in [1.807, 2.05) is 24.6 Å². The van der Waals surface area contributed by atoms with Gasteiger partial charge in [0.15, 0.2) is 0 Å². The average Bonchev–Trinajstić information content (AvgIpc) is 2.61. The monoisotopic (exact) mass is 190 g/mol. The highest BCUT2D eigenvalue weighted by Crippen LogP contribution is 2.05. The number of nitrogens with one attached hydrogen (secondary N) is 1. The predicted molar refractivity (Wildman–Crippen MR) is 54.1 cm³/mol. The van der Waals surface area contributed by atoms with Crippen molar-refractivity contribution in [1.29, 1.82) is 0 Å². The molecule has 2 rings (SSSR count). The molecule has 0 spiro atoms. The summed E-state index contributed by atoms with van der Waals surface area (Å²) in [7, 11) is 0. The van der Waals surface area contributed by atoms with E-state index in [0.29, 0.717) is 0 Å². The maximum Gasteiger partial charge on any atom is 0.0852 e. The largest absolute Gasteiger partial charge is 0.283 e. The normalized spacial score (nSPS) is 10.8. The van der Waals surface area contributed by atoms with Gasteiger partial charge in [0.05, 0.1) is 17.9 Å².